The first-order valence-electron chi connectivity index (χ1n) is 13.3. The van der Waals surface area contributed by atoms with Gasteiger partial charge in [0, 0.05) is 22.7 Å². The maximum Gasteiger partial charge on any atom is 0.407 e. The Morgan fingerprint density at radius 1 is 0.636 bits per heavy atom. The van der Waals surface area contributed by atoms with Crippen molar-refractivity contribution in [3.8, 4) is 33.6 Å². The molecule has 0 fully saturated rings. The molecule has 12 nitrogen and oxygen atoms in total. The van der Waals surface area contributed by atoms with Gasteiger partial charge in [0.1, 0.15) is 11.1 Å². The number of carbonyl (C=O) groups excluding carboxylic acids is 4. The molecule has 224 valence electrons. The molecule has 0 aliphatic rings. The van der Waals surface area contributed by atoms with Crippen LogP contribution in [-0.4, -0.2) is 70.5 Å². The van der Waals surface area contributed by atoms with Gasteiger partial charge in [0.15, 0.2) is 11.0 Å². The van der Waals surface area contributed by atoms with E-state index in [0.29, 0.717) is 11.1 Å². The average molecular weight is 631 g/mol. The summed E-state index contributed by atoms with van der Waals surface area (Å²) >= 11 is 0. The maximum atomic E-state index is 12.1. The zero-order chi connectivity index (χ0) is 31.1. The molecule has 3 aromatic carbocycles. The zero-order valence-corrected chi connectivity index (χ0v) is 25.7. The molecule has 5 aromatic rings. The van der Waals surface area contributed by atoms with E-state index in [4.69, 9.17) is 0 Å². The van der Waals surface area contributed by atoms with Crippen molar-refractivity contribution < 1.29 is 28.7 Å². The Morgan fingerprint density at radius 2 is 1.07 bits per heavy atom. The highest BCUT2D eigenvalue weighted by molar-refractivity contribution is 7.65. The summed E-state index contributed by atoms with van der Waals surface area (Å²) in [5, 5.41) is 6.89. The molecule has 14 heteroatoms. The van der Waals surface area contributed by atoms with Crippen molar-refractivity contribution in [1.82, 2.24) is 30.6 Å². The van der Waals surface area contributed by atoms with Gasteiger partial charge in [-0.1, -0.05) is 48.5 Å². The minimum atomic E-state index is -0.650. The molecule has 5 rings (SSSR count). The van der Waals surface area contributed by atoms with Crippen molar-refractivity contribution in [2.24, 2.45) is 0 Å². The molecule has 0 radical (unpaired) electrons. The molecule has 2 amide bonds. The van der Waals surface area contributed by atoms with Crippen molar-refractivity contribution in [3.63, 3.8) is 0 Å². The van der Waals surface area contributed by atoms with Crippen LogP contribution >= 0.6 is 17.2 Å². The highest BCUT2D eigenvalue weighted by atomic mass is 31.1. The topological polar surface area (TPSA) is 168 Å². The Kier molecular flexibility index (Phi) is 9.74. The lowest BCUT2D eigenvalue weighted by molar-refractivity contribution is -0.111. The molecule has 2 atom stereocenters. The minimum Gasteiger partial charge on any atom is -0.453 e. The van der Waals surface area contributed by atoms with E-state index < -0.39 is 12.2 Å². The summed E-state index contributed by atoms with van der Waals surface area (Å²) in [6.07, 6.45) is 2.09. The average Bonchev–Trinajstić information content (AvgIpc) is 3.72. The smallest absolute Gasteiger partial charge is 0.407 e. The Hall–Kier alpha value is -4.92. The first-order chi connectivity index (χ1) is 21.3. The largest absolute Gasteiger partial charge is 0.453 e. The van der Waals surface area contributed by atoms with Gasteiger partial charge < -0.3 is 30.1 Å². The lowest BCUT2D eigenvalue weighted by Gasteiger charge is -2.07. The van der Waals surface area contributed by atoms with Crippen LogP contribution in [0, 0.1) is 0 Å². The second-order valence-electron chi connectivity index (χ2n) is 9.43. The lowest BCUT2D eigenvalue weighted by Crippen LogP contribution is -2.28. The molecule has 4 N–H and O–H groups in total. The van der Waals surface area contributed by atoms with Gasteiger partial charge in [0.05, 0.1) is 51.1 Å². The van der Waals surface area contributed by atoms with Crippen molar-refractivity contribution >= 4 is 62.3 Å². The third-order valence-corrected chi connectivity index (χ3v) is 8.40. The second-order valence-corrected chi connectivity index (χ2v) is 12.0. The number of alkyl carbamates (subject to hydrolysis) is 2. The van der Waals surface area contributed by atoms with Crippen LogP contribution in [-0.2, 0) is 19.1 Å². The van der Waals surface area contributed by atoms with Crippen LogP contribution in [0.4, 0.5) is 9.59 Å². The number of amides is 2. The van der Waals surface area contributed by atoms with E-state index >= 15 is 0 Å². The molecule has 0 aliphatic heterocycles. The number of hydrogen-bond donors (Lipinski definition) is 4. The fourth-order valence-corrected chi connectivity index (χ4v) is 5.83. The number of methoxy groups -OCH3 is 2. The van der Waals surface area contributed by atoms with E-state index in [0.717, 1.165) is 44.4 Å². The number of imidazole rings is 2. The lowest BCUT2D eigenvalue weighted by atomic mass is 9.98. The highest BCUT2D eigenvalue weighted by Gasteiger charge is 2.12. The van der Waals surface area contributed by atoms with Gasteiger partial charge in [-0.2, -0.15) is 0 Å². The van der Waals surface area contributed by atoms with Crippen LogP contribution in [0.3, 0.4) is 0 Å². The fourth-order valence-electron chi connectivity index (χ4n) is 4.30. The van der Waals surface area contributed by atoms with Crippen LogP contribution < -0.4 is 21.8 Å². The summed E-state index contributed by atoms with van der Waals surface area (Å²) < 4.78 is 8.95. The molecule has 0 bridgehead atoms. The first kappa shape index (κ1) is 30.5. The van der Waals surface area contributed by atoms with Crippen LogP contribution in [0.1, 0.15) is 0 Å². The Balaban J connectivity index is 1.22. The van der Waals surface area contributed by atoms with Crippen molar-refractivity contribution in [2.75, 3.05) is 27.3 Å². The quantitative estimate of drug-likeness (QED) is 0.160. The number of hydrogen-bond acceptors (Lipinski definition) is 8. The van der Waals surface area contributed by atoms with Gasteiger partial charge in [0.25, 0.3) is 0 Å². The van der Waals surface area contributed by atoms with E-state index in [2.05, 4.69) is 64.3 Å². The number of nitrogens with zero attached hydrogens (tertiary/aromatic N) is 2. The number of nitrogens with one attached hydrogen (secondary N) is 4. The monoisotopic (exact) mass is 630 g/mol. The fraction of sp³-hybridized carbons (Fsp3) is 0.133. The van der Waals surface area contributed by atoms with Crippen LogP contribution in [0.25, 0.3) is 44.4 Å². The molecule has 0 spiro atoms. The second kappa shape index (κ2) is 14.0. The number of aromatic amines is 2. The van der Waals surface area contributed by atoms with Crippen LogP contribution in [0.15, 0.2) is 73.1 Å². The standard InChI is InChI=1S/C30H28N6O6P2/c1-41-29(39)33-15-25(37)43-27-31-13-23(35-27)18-5-3-17(4-6-18)19-7-8-21-12-22(10-9-20(21)11-19)24-14-32-28(36-24)44-26(38)16-34-30(40)42-2/h3-14,43-44H,15-16H2,1-2H3,(H,31,35)(H,32,36)(H,33,39)(H,34,40). The molecule has 2 aromatic heterocycles. The van der Waals surface area contributed by atoms with Gasteiger partial charge in [-0.25, -0.2) is 19.6 Å². The molecule has 2 unspecified atom stereocenters. The molecule has 0 aliphatic carbocycles. The number of H-pyrrole nitrogens is 2. The number of rotatable bonds is 11. The summed E-state index contributed by atoms with van der Waals surface area (Å²) in [6.45, 7) is -0.234. The first-order valence-corrected chi connectivity index (χ1v) is 15.3. The third-order valence-electron chi connectivity index (χ3n) is 6.51. The number of fused-ring (bicyclic) bond motifs is 1. The molecule has 0 saturated heterocycles. The summed E-state index contributed by atoms with van der Waals surface area (Å²) in [5.74, 6) is 0. The number of aromatic nitrogens is 4. The third kappa shape index (κ3) is 7.72. The summed E-state index contributed by atoms with van der Waals surface area (Å²) in [5.41, 5.74) is 6.35. The van der Waals surface area contributed by atoms with E-state index in [1.807, 2.05) is 36.4 Å². The normalized spacial score (nSPS) is 11.3. The van der Waals surface area contributed by atoms with Gasteiger partial charge in [-0.05, 0) is 39.6 Å². The molecule has 0 saturated carbocycles. The molecular weight excluding hydrogens is 602 g/mol. The molecular formula is C30H28N6O6P2. The summed E-state index contributed by atoms with van der Waals surface area (Å²) in [4.78, 5) is 61.6. The van der Waals surface area contributed by atoms with E-state index in [1.165, 1.54) is 14.2 Å². The highest BCUT2D eigenvalue weighted by Crippen LogP contribution is 2.29. The summed E-state index contributed by atoms with van der Waals surface area (Å²) in [6, 6.07) is 20.4. The number of ether oxygens (including phenoxy) is 2. The van der Waals surface area contributed by atoms with Crippen molar-refractivity contribution in [3.05, 3.63) is 73.1 Å². The predicted molar refractivity (Wildman–Crippen MR) is 171 cm³/mol. The van der Waals surface area contributed by atoms with E-state index in [1.54, 1.807) is 12.4 Å². The van der Waals surface area contributed by atoms with Gasteiger partial charge in [-0.15, -0.1) is 0 Å². The molecule has 2 heterocycles. The Morgan fingerprint density at radius 3 is 1.59 bits per heavy atom. The van der Waals surface area contributed by atoms with Crippen LogP contribution in [0.2, 0.25) is 0 Å². The van der Waals surface area contributed by atoms with E-state index in [9.17, 15) is 19.2 Å². The zero-order valence-electron chi connectivity index (χ0n) is 23.7. The minimum absolute atomic E-state index is 0.117. The van der Waals surface area contributed by atoms with Crippen LogP contribution in [0.5, 0.6) is 0 Å². The summed E-state index contributed by atoms with van der Waals surface area (Å²) in [7, 11) is 2.06. The predicted octanol–water partition coefficient (Wildman–Crippen LogP) is 3.66. The number of carbonyl (C=O) groups is 4. The SMILES string of the molecule is COC(=O)NCC(=O)Pc1ncc(-c2ccc(-c3ccc4cc(-c5cnc(PC(=O)CNC(=O)OC)[nH]5)ccc4c3)cc2)[nH]1. The maximum absolute atomic E-state index is 12.1. The Bertz CT molecular complexity index is 1840. The van der Waals surface area contributed by atoms with Crippen molar-refractivity contribution in [2.45, 2.75) is 0 Å². The van der Waals surface area contributed by atoms with E-state index in [-0.39, 0.29) is 41.3 Å². The van der Waals surface area contributed by atoms with Gasteiger partial charge in [0.2, 0.25) is 0 Å². The van der Waals surface area contributed by atoms with Crippen molar-refractivity contribution in [1.29, 1.82) is 0 Å². The van der Waals surface area contributed by atoms with Gasteiger partial charge in [-0.3, -0.25) is 9.59 Å². The Labute approximate surface area is 255 Å². The van der Waals surface area contributed by atoms with Gasteiger partial charge >= 0.3 is 12.2 Å². The molecule has 44 heavy (non-hydrogen) atoms. The number of benzene rings is 3.